The molecule has 0 bridgehead atoms. The van der Waals surface area contributed by atoms with E-state index in [9.17, 15) is 0 Å². The van der Waals surface area contributed by atoms with Crippen molar-refractivity contribution in [2.24, 2.45) is 0 Å². The van der Waals surface area contributed by atoms with E-state index in [1.54, 1.807) is 0 Å². The molecule has 2 unspecified atom stereocenters. The topological polar surface area (TPSA) is 21.3 Å². The van der Waals surface area contributed by atoms with Gasteiger partial charge in [-0.2, -0.15) is 0 Å². The van der Waals surface area contributed by atoms with Crippen LogP contribution in [0.1, 0.15) is 57.9 Å². The van der Waals surface area contributed by atoms with E-state index in [4.69, 9.17) is 4.74 Å². The zero-order chi connectivity index (χ0) is 13.7. The summed E-state index contributed by atoms with van der Waals surface area (Å²) in [5, 5.41) is 3.60. The van der Waals surface area contributed by atoms with E-state index < -0.39 is 0 Å². The molecular weight excluding hydrogens is 234 g/mol. The van der Waals surface area contributed by atoms with Gasteiger partial charge in [-0.1, -0.05) is 25.5 Å². The van der Waals surface area contributed by atoms with Crippen LogP contribution in [-0.4, -0.2) is 18.7 Å². The lowest BCUT2D eigenvalue weighted by atomic mass is 9.81. The molecule has 1 aliphatic rings. The third-order valence-corrected chi connectivity index (χ3v) is 3.89. The van der Waals surface area contributed by atoms with Gasteiger partial charge < -0.3 is 10.1 Å². The van der Waals surface area contributed by atoms with Gasteiger partial charge in [-0.25, -0.2) is 0 Å². The molecule has 0 radical (unpaired) electrons. The Morgan fingerprint density at radius 2 is 1.95 bits per heavy atom. The highest BCUT2D eigenvalue weighted by atomic mass is 16.5. The molecule has 1 aromatic rings. The van der Waals surface area contributed by atoms with Gasteiger partial charge in [0, 0.05) is 6.04 Å². The van der Waals surface area contributed by atoms with Crippen LogP contribution >= 0.6 is 0 Å². The minimum Gasteiger partial charge on any atom is -0.491 e. The molecule has 1 saturated carbocycles. The van der Waals surface area contributed by atoms with Crippen molar-refractivity contribution in [1.29, 1.82) is 0 Å². The van der Waals surface area contributed by atoms with Gasteiger partial charge >= 0.3 is 0 Å². The Morgan fingerprint density at radius 3 is 2.58 bits per heavy atom. The third-order valence-electron chi connectivity index (χ3n) is 3.89. The molecule has 2 nitrogen and oxygen atoms in total. The maximum Gasteiger partial charge on any atom is 0.119 e. The third kappa shape index (κ3) is 4.24. The van der Waals surface area contributed by atoms with E-state index in [0.29, 0.717) is 12.0 Å². The van der Waals surface area contributed by atoms with Crippen LogP contribution in [0.4, 0.5) is 0 Å². The van der Waals surface area contributed by atoms with Crippen molar-refractivity contribution in [3.8, 4) is 5.75 Å². The van der Waals surface area contributed by atoms with Crippen molar-refractivity contribution in [2.45, 2.75) is 64.5 Å². The first-order valence-electron chi connectivity index (χ1n) is 7.69. The predicted molar refractivity (Wildman–Crippen MR) is 80.9 cm³/mol. The molecular formula is C17H27NO. The van der Waals surface area contributed by atoms with Crippen molar-refractivity contribution < 1.29 is 4.74 Å². The Kier molecular flexibility index (Phi) is 5.26. The molecule has 0 spiro atoms. The lowest BCUT2D eigenvalue weighted by Gasteiger charge is -2.30. The lowest BCUT2D eigenvalue weighted by Crippen LogP contribution is -2.33. The lowest BCUT2D eigenvalue weighted by molar-refractivity contribution is 0.242. The number of nitrogens with one attached hydrogen (secondary N) is 1. The van der Waals surface area contributed by atoms with Crippen LogP contribution in [0.2, 0.25) is 0 Å². The van der Waals surface area contributed by atoms with Gasteiger partial charge in [0.1, 0.15) is 5.75 Å². The molecule has 0 aliphatic heterocycles. The first-order chi connectivity index (χ1) is 9.19. The van der Waals surface area contributed by atoms with Crippen molar-refractivity contribution in [1.82, 2.24) is 5.32 Å². The molecule has 0 aromatic heterocycles. The van der Waals surface area contributed by atoms with E-state index in [2.05, 4.69) is 50.4 Å². The number of hydrogen-bond donors (Lipinski definition) is 1. The average Bonchev–Trinajstić information content (AvgIpc) is 2.40. The van der Waals surface area contributed by atoms with Crippen molar-refractivity contribution in [3.05, 3.63) is 29.8 Å². The van der Waals surface area contributed by atoms with Crippen LogP contribution in [0.25, 0.3) is 0 Å². The van der Waals surface area contributed by atoms with Crippen molar-refractivity contribution in [3.63, 3.8) is 0 Å². The first kappa shape index (κ1) is 14.4. The van der Waals surface area contributed by atoms with Crippen LogP contribution in [0.5, 0.6) is 5.75 Å². The fraction of sp³-hybridized carbons (Fsp3) is 0.647. The Hall–Kier alpha value is -1.02. The summed E-state index contributed by atoms with van der Waals surface area (Å²) in [5.74, 6) is 1.70. The normalized spacial score (nSPS) is 23.6. The summed E-state index contributed by atoms with van der Waals surface area (Å²) < 4.78 is 5.70. The fourth-order valence-corrected chi connectivity index (χ4v) is 3.06. The summed E-state index contributed by atoms with van der Waals surface area (Å²) >= 11 is 0. The smallest absolute Gasteiger partial charge is 0.119 e. The van der Waals surface area contributed by atoms with Crippen molar-refractivity contribution in [2.75, 3.05) is 6.54 Å². The molecule has 1 N–H and O–H groups in total. The minimum absolute atomic E-state index is 0.249. The highest BCUT2D eigenvalue weighted by Gasteiger charge is 2.22. The second kappa shape index (κ2) is 6.95. The number of hydrogen-bond acceptors (Lipinski definition) is 2. The Bertz CT molecular complexity index is 369. The highest BCUT2D eigenvalue weighted by Crippen LogP contribution is 2.33. The Morgan fingerprint density at radius 1 is 1.21 bits per heavy atom. The summed E-state index contributed by atoms with van der Waals surface area (Å²) in [6.07, 6.45) is 5.52. The van der Waals surface area contributed by atoms with E-state index in [-0.39, 0.29) is 6.10 Å². The molecule has 0 heterocycles. The van der Waals surface area contributed by atoms with Crippen LogP contribution in [0, 0.1) is 0 Å². The van der Waals surface area contributed by atoms with Gasteiger partial charge in [0.15, 0.2) is 0 Å². The monoisotopic (exact) mass is 261 g/mol. The fourth-order valence-electron chi connectivity index (χ4n) is 3.06. The van der Waals surface area contributed by atoms with Gasteiger partial charge in [-0.05, 0) is 63.3 Å². The average molecular weight is 261 g/mol. The zero-order valence-corrected chi connectivity index (χ0v) is 12.5. The Balaban J connectivity index is 1.97. The standard InChI is InChI=1S/C17H27NO/c1-4-18-16-7-5-6-15(12-16)14-8-10-17(11-9-14)19-13(2)3/h8-11,13,15-16,18H,4-7,12H2,1-3H3. The van der Waals surface area contributed by atoms with E-state index in [0.717, 1.165) is 12.3 Å². The molecule has 1 aliphatic carbocycles. The molecule has 106 valence electrons. The summed E-state index contributed by atoms with van der Waals surface area (Å²) in [7, 11) is 0. The molecule has 1 aromatic carbocycles. The van der Waals surface area contributed by atoms with Crippen LogP contribution < -0.4 is 10.1 Å². The number of rotatable bonds is 5. The predicted octanol–water partition coefficient (Wildman–Crippen LogP) is 4.11. The van der Waals surface area contributed by atoms with Gasteiger partial charge in [0.2, 0.25) is 0 Å². The SMILES string of the molecule is CCNC1CCCC(c2ccc(OC(C)C)cc2)C1. The summed E-state index contributed by atoms with van der Waals surface area (Å²) in [6, 6.07) is 9.43. The van der Waals surface area contributed by atoms with Crippen LogP contribution in [-0.2, 0) is 0 Å². The van der Waals surface area contributed by atoms with Crippen LogP contribution in [0.3, 0.4) is 0 Å². The summed E-state index contributed by atoms with van der Waals surface area (Å²) in [4.78, 5) is 0. The van der Waals surface area contributed by atoms with Gasteiger partial charge in [-0.3, -0.25) is 0 Å². The molecule has 2 rings (SSSR count). The van der Waals surface area contributed by atoms with E-state index in [1.807, 2.05) is 0 Å². The number of ether oxygens (including phenoxy) is 1. The molecule has 0 amide bonds. The second-order valence-corrected chi connectivity index (χ2v) is 5.85. The minimum atomic E-state index is 0.249. The van der Waals surface area contributed by atoms with Crippen LogP contribution in [0.15, 0.2) is 24.3 Å². The quantitative estimate of drug-likeness (QED) is 0.861. The summed E-state index contributed by atoms with van der Waals surface area (Å²) in [5.41, 5.74) is 1.47. The molecule has 1 fully saturated rings. The number of benzene rings is 1. The maximum atomic E-state index is 5.70. The molecule has 19 heavy (non-hydrogen) atoms. The molecule has 2 heteroatoms. The van der Waals surface area contributed by atoms with E-state index >= 15 is 0 Å². The van der Waals surface area contributed by atoms with Gasteiger partial charge in [-0.15, -0.1) is 0 Å². The highest BCUT2D eigenvalue weighted by molar-refractivity contribution is 5.30. The van der Waals surface area contributed by atoms with E-state index in [1.165, 1.54) is 31.2 Å². The van der Waals surface area contributed by atoms with Gasteiger partial charge in [0.05, 0.1) is 6.10 Å². The summed E-state index contributed by atoms with van der Waals surface area (Å²) in [6.45, 7) is 7.41. The largest absolute Gasteiger partial charge is 0.491 e. The molecule has 2 atom stereocenters. The molecule has 0 saturated heterocycles. The Labute approximate surface area is 117 Å². The van der Waals surface area contributed by atoms with Crippen molar-refractivity contribution >= 4 is 0 Å². The van der Waals surface area contributed by atoms with Gasteiger partial charge in [0.25, 0.3) is 0 Å². The first-order valence-corrected chi connectivity index (χ1v) is 7.69. The maximum absolute atomic E-state index is 5.70. The zero-order valence-electron chi connectivity index (χ0n) is 12.5. The second-order valence-electron chi connectivity index (χ2n) is 5.85.